The Morgan fingerprint density at radius 3 is 2.71 bits per heavy atom. The van der Waals surface area contributed by atoms with E-state index in [0.29, 0.717) is 30.6 Å². The van der Waals surface area contributed by atoms with Crippen molar-refractivity contribution < 1.29 is 19.7 Å². The van der Waals surface area contributed by atoms with Crippen LogP contribution in [0.4, 0.5) is 0 Å². The first-order chi connectivity index (χ1) is 11.3. The fourth-order valence-corrected chi connectivity index (χ4v) is 4.86. The number of likely N-dealkylation sites (N-methyl/N-ethyl adjacent to an activating group) is 1. The van der Waals surface area contributed by atoms with Crippen molar-refractivity contribution in [3.63, 3.8) is 0 Å². The number of phenolic OH excluding ortho intramolecular Hbond substituents is 1. The average Bonchev–Trinajstić information content (AvgIpc) is 2.54. The number of rotatable bonds is 2. The van der Waals surface area contributed by atoms with E-state index >= 15 is 0 Å². The number of Topliss-reactive ketones (excluding diaryl/α,β-unsaturated/α-hetero) is 1. The summed E-state index contributed by atoms with van der Waals surface area (Å²) < 4.78 is 5.29. The third kappa shape index (κ3) is 2.18. The van der Waals surface area contributed by atoms with E-state index in [9.17, 15) is 15.0 Å². The molecule has 0 spiro atoms. The zero-order valence-electron chi connectivity index (χ0n) is 14.9. The van der Waals surface area contributed by atoms with Gasteiger partial charge in [0, 0.05) is 29.9 Å². The minimum absolute atomic E-state index is 0.0578. The lowest BCUT2D eigenvalue weighted by molar-refractivity contribution is -0.161. The smallest absolute Gasteiger partial charge is 0.161 e. The topological polar surface area (TPSA) is 70.0 Å². The van der Waals surface area contributed by atoms with Gasteiger partial charge in [-0.15, -0.1) is 0 Å². The Labute approximate surface area is 143 Å². The minimum atomic E-state index is -1.05. The molecule has 2 fully saturated rings. The Hall–Kier alpha value is -1.59. The predicted molar refractivity (Wildman–Crippen MR) is 91.6 cm³/mol. The number of ketones is 1. The van der Waals surface area contributed by atoms with Gasteiger partial charge in [-0.25, -0.2) is 0 Å². The molecule has 0 aromatic heterocycles. The van der Waals surface area contributed by atoms with Crippen LogP contribution in [0.5, 0.6) is 11.5 Å². The van der Waals surface area contributed by atoms with E-state index in [0.717, 1.165) is 12.1 Å². The molecule has 1 aliphatic heterocycles. The summed E-state index contributed by atoms with van der Waals surface area (Å²) in [6.07, 6.45) is 1.72. The first kappa shape index (κ1) is 17.2. The fraction of sp³-hybridized carbons (Fsp3) is 0.632. The van der Waals surface area contributed by atoms with Crippen LogP contribution in [0.3, 0.4) is 0 Å². The molecular formula is C19H27NO4. The molecule has 0 bridgehead atoms. The molecule has 5 heteroatoms. The number of ether oxygens (including phenoxy) is 1. The summed E-state index contributed by atoms with van der Waals surface area (Å²) in [5, 5.41) is 22.6. The van der Waals surface area contributed by atoms with Crippen molar-refractivity contribution in [2.24, 2.45) is 0 Å². The van der Waals surface area contributed by atoms with Crippen LogP contribution in [-0.2, 0) is 10.2 Å². The van der Waals surface area contributed by atoms with Gasteiger partial charge in [0.15, 0.2) is 11.5 Å². The van der Waals surface area contributed by atoms with Crippen LogP contribution in [0.2, 0.25) is 0 Å². The van der Waals surface area contributed by atoms with Gasteiger partial charge in [0.2, 0.25) is 0 Å². The van der Waals surface area contributed by atoms with Gasteiger partial charge >= 0.3 is 0 Å². The number of piperidine rings is 1. The molecule has 1 unspecified atom stereocenters. The van der Waals surface area contributed by atoms with E-state index in [-0.39, 0.29) is 24.0 Å². The zero-order valence-corrected chi connectivity index (χ0v) is 14.9. The zero-order chi connectivity index (χ0) is 17.7. The highest BCUT2D eigenvalue weighted by atomic mass is 16.5. The number of fused-ring (bicyclic) bond motifs is 1. The maximum atomic E-state index is 12.4. The molecule has 0 radical (unpaired) electrons. The average molecular weight is 333 g/mol. The number of carbonyl (C=O) groups excluding carboxylic acids is 1. The van der Waals surface area contributed by atoms with E-state index in [1.165, 1.54) is 7.11 Å². The van der Waals surface area contributed by atoms with Crippen molar-refractivity contribution >= 4 is 5.78 Å². The number of likely N-dealkylation sites (tertiary alicyclic amines) is 1. The second-order valence-corrected chi connectivity index (χ2v) is 7.44. The van der Waals surface area contributed by atoms with Gasteiger partial charge in [-0.3, -0.25) is 4.79 Å². The van der Waals surface area contributed by atoms with Crippen LogP contribution in [-0.4, -0.2) is 53.2 Å². The van der Waals surface area contributed by atoms with Crippen LogP contribution in [0, 0.1) is 6.92 Å². The number of carbonyl (C=O) groups is 1. The third-order valence-electron chi connectivity index (χ3n) is 6.40. The van der Waals surface area contributed by atoms with Crippen molar-refractivity contribution in [2.75, 3.05) is 20.7 Å². The van der Waals surface area contributed by atoms with Crippen molar-refractivity contribution in [1.82, 2.24) is 4.90 Å². The number of hydrogen-bond donors (Lipinski definition) is 2. The van der Waals surface area contributed by atoms with Gasteiger partial charge in [0.25, 0.3) is 0 Å². The van der Waals surface area contributed by atoms with Crippen molar-refractivity contribution in [3.8, 4) is 11.5 Å². The summed E-state index contributed by atoms with van der Waals surface area (Å²) in [5.41, 5.74) is -0.255. The van der Waals surface area contributed by atoms with Gasteiger partial charge < -0.3 is 19.8 Å². The Bertz CT molecular complexity index is 674. The van der Waals surface area contributed by atoms with Gasteiger partial charge in [0.1, 0.15) is 5.78 Å². The number of nitrogens with zero attached hydrogens (tertiary/aromatic N) is 1. The quantitative estimate of drug-likeness (QED) is 0.868. The number of phenols is 1. The second-order valence-electron chi connectivity index (χ2n) is 7.44. The highest BCUT2D eigenvalue weighted by Gasteiger charge is 2.61. The van der Waals surface area contributed by atoms with Gasteiger partial charge in [-0.2, -0.15) is 0 Å². The van der Waals surface area contributed by atoms with Crippen LogP contribution in [0.1, 0.15) is 43.7 Å². The number of aromatic hydroxyl groups is 1. The first-order valence-corrected chi connectivity index (χ1v) is 8.58. The standard InChI is InChI=1S/C19H27NO4/c1-12-5-6-15(24-4)17(22)16(12)18-9-10-20(3)13(2)19(18,23)8-7-14(21)11-18/h5-6,13,22-23H,7-11H2,1-4H3/t13?,18-,19-/m1/s1. The van der Waals surface area contributed by atoms with E-state index in [1.54, 1.807) is 6.07 Å². The molecule has 1 aromatic rings. The maximum Gasteiger partial charge on any atom is 0.161 e. The number of methoxy groups -OCH3 is 1. The number of hydrogen-bond acceptors (Lipinski definition) is 5. The number of aryl methyl sites for hydroxylation is 1. The highest BCUT2D eigenvalue weighted by molar-refractivity contribution is 5.82. The number of aliphatic hydroxyl groups is 1. The monoisotopic (exact) mass is 333 g/mol. The van der Waals surface area contributed by atoms with Crippen LogP contribution in [0.25, 0.3) is 0 Å². The molecule has 132 valence electrons. The summed E-state index contributed by atoms with van der Waals surface area (Å²) in [4.78, 5) is 14.5. The Balaban J connectivity index is 2.27. The van der Waals surface area contributed by atoms with Crippen LogP contribution < -0.4 is 4.74 Å². The maximum absolute atomic E-state index is 12.4. The van der Waals surface area contributed by atoms with Crippen LogP contribution in [0.15, 0.2) is 12.1 Å². The normalized spacial score (nSPS) is 34.0. The first-order valence-electron chi connectivity index (χ1n) is 8.58. The second kappa shape index (κ2) is 5.74. The molecule has 2 aliphatic rings. The van der Waals surface area contributed by atoms with E-state index in [1.807, 2.05) is 27.0 Å². The van der Waals surface area contributed by atoms with Crippen molar-refractivity contribution in [1.29, 1.82) is 0 Å². The van der Waals surface area contributed by atoms with Crippen LogP contribution >= 0.6 is 0 Å². The third-order valence-corrected chi connectivity index (χ3v) is 6.40. The van der Waals surface area contributed by atoms with Crippen molar-refractivity contribution in [3.05, 3.63) is 23.3 Å². The molecule has 1 heterocycles. The van der Waals surface area contributed by atoms with Gasteiger partial charge in [-0.05, 0) is 51.9 Å². The summed E-state index contributed by atoms with van der Waals surface area (Å²) in [5.74, 6) is 0.595. The Kier molecular flexibility index (Phi) is 4.12. The predicted octanol–water partition coefficient (Wildman–Crippen LogP) is 2.16. The van der Waals surface area contributed by atoms with E-state index < -0.39 is 11.0 Å². The molecule has 1 aromatic carbocycles. The highest BCUT2D eigenvalue weighted by Crippen LogP contribution is 2.56. The molecule has 24 heavy (non-hydrogen) atoms. The van der Waals surface area contributed by atoms with E-state index in [4.69, 9.17) is 4.74 Å². The van der Waals surface area contributed by atoms with E-state index in [2.05, 4.69) is 4.90 Å². The Morgan fingerprint density at radius 2 is 2.04 bits per heavy atom. The van der Waals surface area contributed by atoms with Gasteiger partial charge in [0.05, 0.1) is 12.7 Å². The minimum Gasteiger partial charge on any atom is -0.504 e. The summed E-state index contributed by atoms with van der Waals surface area (Å²) in [6.45, 7) is 4.70. The molecule has 3 rings (SSSR count). The molecule has 1 saturated heterocycles. The molecule has 1 saturated carbocycles. The summed E-state index contributed by atoms with van der Waals surface area (Å²) >= 11 is 0. The summed E-state index contributed by atoms with van der Waals surface area (Å²) in [7, 11) is 3.52. The lowest BCUT2D eigenvalue weighted by Crippen LogP contribution is -2.69. The lowest BCUT2D eigenvalue weighted by atomic mass is 9.53. The number of benzene rings is 1. The van der Waals surface area contributed by atoms with Crippen molar-refractivity contribution in [2.45, 2.75) is 56.6 Å². The largest absolute Gasteiger partial charge is 0.504 e. The lowest BCUT2D eigenvalue weighted by Gasteiger charge is -2.59. The summed E-state index contributed by atoms with van der Waals surface area (Å²) in [6, 6.07) is 3.53. The molecular weight excluding hydrogens is 306 g/mol. The molecule has 2 N–H and O–H groups in total. The molecule has 1 aliphatic carbocycles. The molecule has 3 atom stereocenters. The fourth-order valence-electron chi connectivity index (χ4n) is 4.86. The molecule has 0 amide bonds. The Morgan fingerprint density at radius 1 is 1.33 bits per heavy atom. The van der Waals surface area contributed by atoms with Gasteiger partial charge in [-0.1, -0.05) is 6.07 Å². The SMILES string of the molecule is COc1ccc(C)c([C@]23CCN(C)C(C)[C@]2(O)CCC(=O)C3)c1O. The molecule has 5 nitrogen and oxygen atoms in total.